The van der Waals surface area contributed by atoms with Crippen molar-refractivity contribution >= 4 is 17.4 Å². The van der Waals surface area contributed by atoms with Gasteiger partial charge in [0.25, 0.3) is 0 Å². The summed E-state index contributed by atoms with van der Waals surface area (Å²) in [5.74, 6) is 0.546. The second-order valence-corrected chi connectivity index (χ2v) is 4.21. The van der Waals surface area contributed by atoms with E-state index in [1.807, 2.05) is 0 Å². The Balaban J connectivity index is 2.44. The zero-order valence-electron chi connectivity index (χ0n) is 9.40. The summed E-state index contributed by atoms with van der Waals surface area (Å²) in [6, 6.07) is 0. The number of nitrogens with one attached hydrogen (secondary N) is 1. The maximum absolute atomic E-state index is 9.95. The average molecular weight is 246 g/mol. The zero-order chi connectivity index (χ0) is 12.0. The predicted octanol–water partition coefficient (Wildman–Crippen LogP) is 1.33. The molecule has 0 spiro atoms. The lowest BCUT2D eigenvalue weighted by Crippen LogP contribution is -2.34. The Morgan fingerprint density at radius 3 is 2.94 bits per heavy atom. The molecule has 1 aromatic heterocycles. The number of hydrogen-bond donors (Lipinski definition) is 2. The van der Waals surface area contributed by atoms with Gasteiger partial charge in [-0.25, -0.2) is 4.98 Å². The molecule has 6 heteroatoms. The van der Waals surface area contributed by atoms with E-state index < -0.39 is 5.60 Å². The third kappa shape index (κ3) is 4.74. The topological polar surface area (TPSA) is 67.3 Å². The van der Waals surface area contributed by atoms with Crippen molar-refractivity contribution in [3.63, 3.8) is 0 Å². The number of hydrogen-bond acceptors (Lipinski definition) is 5. The fourth-order valence-corrected chi connectivity index (χ4v) is 1.27. The number of nitrogens with zero attached hydrogens (tertiary/aromatic N) is 2. The molecule has 0 radical (unpaired) electrons. The van der Waals surface area contributed by atoms with Crippen LogP contribution in [0.1, 0.15) is 13.3 Å². The molecule has 0 aliphatic rings. The Morgan fingerprint density at radius 2 is 2.31 bits per heavy atom. The fraction of sp³-hybridized carbons (Fsp3) is 0.600. The lowest BCUT2D eigenvalue weighted by Gasteiger charge is -2.23. The highest BCUT2D eigenvalue weighted by molar-refractivity contribution is 6.29. The van der Waals surface area contributed by atoms with Gasteiger partial charge in [0, 0.05) is 26.7 Å². The quantitative estimate of drug-likeness (QED) is 0.792. The summed E-state index contributed by atoms with van der Waals surface area (Å²) >= 11 is 5.68. The van der Waals surface area contributed by atoms with Gasteiger partial charge in [-0.1, -0.05) is 11.6 Å². The third-order valence-corrected chi connectivity index (χ3v) is 2.28. The molecule has 2 N–H and O–H groups in total. The van der Waals surface area contributed by atoms with Crippen molar-refractivity contribution in [1.29, 1.82) is 0 Å². The monoisotopic (exact) mass is 245 g/mol. The van der Waals surface area contributed by atoms with E-state index in [1.54, 1.807) is 20.2 Å². The lowest BCUT2D eigenvalue weighted by molar-refractivity contribution is 0.0357. The van der Waals surface area contributed by atoms with Crippen LogP contribution in [0.4, 0.5) is 5.82 Å². The van der Waals surface area contributed by atoms with Gasteiger partial charge in [-0.15, -0.1) is 0 Å². The molecule has 0 aliphatic heterocycles. The van der Waals surface area contributed by atoms with E-state index in [4.69, 9.17) is 16.3 Å². The van der Waals surface area contributed by atoms with E-state index in [-0.39, 0.29) is 0 Å². The molecule has 0 aliphatic carbocycles. The van der Waals surface area contributed by atoms with Crippen LogP contribution in [0.2, 0.25) is 5.15 Å². The number of aliphatic hydroxyl groups is 1. The van der Waals surface area contributed by atoms with Crippen molar-refractivity contribution in [2.45, 2.75) is 18.9 Å². The van der Waals surface area contributed by atoms with Crippen LogP contribution in [0.3, 0.4) is 0 Å². The molecular weight excluding hydrogens is 230 g/mol. The summed E-state index contributed by atoms with van der Waals surface area (Å²) in [5, 5.41) is 13.2. The van der Waals surface area contributed by atoms with Crippen molar-refractivity contribution in [2.24, 2.45) is 0 Å². The van der Waals surface area contributed by atoms with Crippen LogP contribution in [0.25, 0.3) is 0 Å². The van der Waals surface area contributed by atoms with E-state index in [0.29, 0.717) is 30.5 Å². The smallest absolute Gasteiger partial charge is 0.149 e. The van der Waals surface area contributed by atoms with Crippen LogP contribution in [-0.2, 0) is 4.74 Å². The molecule has 0 fully saturated rings. The summed E-state index contributed by atoms with van der Waals surface area (Å²) in [4.78, 5) is 7.89. The van der Waals surface area contributed by atoms with E-state index in [1.165, 1.54) is 6.20 Å². The summed E-state index contributed by atoms with van der Waals surface area (Å²) in [6.07, 6.45) is 3.55. The Labute approximate surface area is 99.8 Å². The number of methoxy groups -OCH3 is 1. The first-order chi connectivity index (χ1) is 7.53. The van der Waals surface area contributed by atoms with Gasteiger partial charge < -0.3 is 15.2 Å². The van der Waals surface area contributed by atoms with Gasteiger partial charge in [0.05, 0.1) is 18.0 Å². The number of halogens is 1. The largest absolute Gasteiger partial charge is 0.388 e. The molecule has 1 unspecified atom stereocenters. The van der Waals surface area contributed by atoms with Crippen molar-refractivity contribution < 1.29 is 9.84 Å². The molecule has 1 heterocycles. The molecule has 5 nitrogen and oxygen atoms in total. The van der Waals surface area contributed by atoms with Crippen LogP contribution in [0, 0.1) is 0 Å². The van der Waals surface area contributed by atoms with Crippen LogP contribution < -0.4 is 5.32 Å². The normalized spacial score (nSPS) is 14.5. The van der Waals surface area contributed by atoms with Gasteiger partial charge in [-0.05, 0) is 6.92 Å². The molecule has 0 bridgehead atoms. The first-order valence-electron chi connectivity index (χ1n) is 4.96. The van der Waals surface area contributed by atoms with E-state index in [0.717, 1.165) is 0 Å². The van der Waals surface area contributed by atoms with Crippen molar-refractivity contribution in [2.75, 3.05) is 25.6 Å². The van der Waals surface area contributed by atoms with Gasteiger partial charge in [-0.2, -0.15) is 0 Å². The van der Waals surface area contributed by atoms with Crippen molar-refractivity contribution in [1.82, 2.24) is 9.97 Å². The summed E-state index contributed by atoms with van der Waals surface area (Å²) in [5.41, 5.74) is -0.847. The predicted molar refractivity (Wildman–Crippen MR) is 62.6 cm³/mol. The number of rotatable bonds is 6. The van der Waals surface area contributed by atoms with Crippen LogP contribution in [0.15, 0.2) is 12.4 Å². The van der Waals surface area contributed by atoms with Gasteiger partial charge in [0.1, 0.15) is 11.0 Å². The van der Waals surface area contributed by atoms with E-state index >= 15 is 0 Å². The van der Waals surface area contributed by atoms with Crippen molar-refractivity contribution in [3.05, 3.63) is 17.5 Å². The molecule has 0 aromatic carbocycles. The highest BCUT2D eigenvalue weighted by Gasteiger charge is 2.19. The number of aromatic nitrogens is 2. The molecule has 0 saturated carbocycles. The molecular formula is C10H16ClN3O2. The summed E-state index contributed by atoms with van der Waals surface area (Å²) in [6.45, 7) is 2.61. The Morgan fingerprint density at radius 1 is 1.56 bits per heavy atom. The highest BCUT2D eigenvalue weighted by atomic mass is 35.5. The second kappa shape index (κ2) is 5.98. The Hall–Kier alpha value is -0.910. The molecule has 16 heavy (non-hydrogen) atoms. The minimum atomic E-state index is -0.847. The highest BCUT2D eigenvalue weighted by Crippen LogP contribution is 2.12. The minimum Gasteiger partial charge on any atom is -0.388 e. The van der Waals surface area contributed by atoms with Crippen LogP contribution in [0.5, 0.6) is 0 Å². The zero-order valence-corrected chi connectivity index (χ0v) is 10.2. The molecule has 0 saturated heterocycles. The van der Waals surface area contributed by atoms with Crippen LogP contribution in [-0.4, -0.2) is 40.9 Å². The molecule has 1 rings (SSSR count). The maximum Gasteiger partial charge on any atom is 0.149 e. The third-order valence-electron chi connectivity index (χ3n) is 2.10. The summed E-state index contributed by atoms with van der Waals surface area (Å²) < 4.78 is 4.91. The first kappa shape index (κ1) is 13.2. The Kier molecular flexibility index (Phi) is 4.92. The first-order valence-corrected chi connectivity index (χ1v) is 5.34. The van der Waals surface area contributed by atoms with Gasteiger partial charge in [0.2, 0.25) is 0 Å². The molecule has 0 amide bonds. The second-order valence-electron chi connectivity index (χ2n) is 3.82. The number of ether oxygens (including phenoxy) is 1. The minimum absolute atomic E-state index is 0.321. The maximum atomic E-state index is 9.95. The van der Waals surface area contributed by atoms with Gasteiger partial charge in [-0.3, -0.25) is 4.98 Å². The van der Waals surface area contributed by atoms with Crippen LogP contribution >= 0.6 is 11.6 Å². The average Bonchev–Trinajstić information content (AvgIpc) is 2.24. The molecule has 90 valence electrons. The standard InChI is InChI=1S/C10H16ClN3O2/c1-10(15,3-4-16-2)7-13-9-6-12-5-8(11)14-9/h5-6,15H,3-4,7H2,1-2H3,(H,13,14). The lowest BCUT2D eigenvalue weighted by atomic mass is 10.0. The summed E-state index contributed by atoms with van der Waals surface area (Å²) in [7, 11) is 1.60. The molecule has 1 aromatic rings. The number of anilines is 1. The fourth-order valence-electron chi connectivity index (χ4n) is 1.12. The van der Waals surface area contributed by atoms with E-state index in [9.17, 15) is 5.11 Å². The van der Waals surface area contributed by atoms with Gasteiger partial charge >= 0.3 is 0 Å². The van der Waals surface area contributed by atoms with E-state index in [2.05, 4.69) is 15.3 Å². The molecule has 1 atom stereocenters. The van der Waals surface area contributed by atoms with Crippen molar-refractivity contribution in [3.8, 4) is 0 Å². The van der Waals surface area contributed by atoms with Gasteiger partial charge in [0.15, 0.2) is 0 Å². The Bertz CT molecular complexity index is 334. The SMILES string of the molecule is COCCC(C)(O)CNc1cncc(Cl)n1.